The minimum absolute atomic E-state index is 0.0168. The monoisotopic (exact) mass is 319 g/mol. The zero-order valence-electron chi connectivity index (χ0n) is 13.3. The molecule has 0 fully saturated rings. The molecule has 1 amide bonds. The number of nitrogens with zero attached hydrogens (tertiary/aromatic N) is 4. The molecule has 7 heteroatoms. The number of carbonyl (C=O) groups is 1. The van der Waals surface area contributed by atoms with E-state index in [-0.39, 0.29) is 5.91 Å². The summed E-state index contributed by atoms with van der Waals surface area (Å²) >= 11 is 1.38. The van der Waals surface area contributed by atoms with Gasteiger partial charge in [-0.15, -0.1) is 10.2 Å². The highest BCUT2D eigenvalue weighted by molar-refractivity contribution is 7.99. The molecular formula is C15H21N5OS. The predicted molar refractivity (Wildman–Crippen MR) is 87.2 cm³/mol. The maximum absolute atomic E-state index is 11.7. The van der Waals surface area contributed by atoms with Crippen molar-refractivity contribution < 1.29 is 4.79 Å². The Kier molecular flexibility index (Phi) is 5.54. The molecule has 6 nitrogen and oxygen atoms in total. The minimum Gasteiger partial charge on any atom is -0.355 e. The molecule has 0 atom stereocenters. The van der Waals surface area contributed by atoms with Crippen LogP contribution < -0.4 is 5.32 Å². The van der Waals surface area contributed by atoms with Crippen LogP contribution in [-0.4, -0.2) is 38.2 Å². The van der Waals surface area contributed by atoms with E-state index in [4.69, 9.17) is 0 Å². The number of aromatic nitrogens is 4. The highest BCUT2D eigenvalue weighted by Crippen LogP contribution is 2.15. The third kappa shape index (κ3) is 4.56. The summed E-state index contributed by atoms with van der Waals surface area (Å²) in [5, 5.41) is 16.3. The quantitative estimate of drug-likeness (QED) is 0.826. The molecule has 22 heavy (non-hydrogen) atoms. The molecule has 0 radical (unpaired) electrons. The minimum atomic E-state index is 0.0168. The zero-order chi connectivity index (χ0) is 16.1. The number of rotatable bonds is 6. The smallest absolute Gasteiger partial charge is 0.230 e. The lowest BCUT2D eigenvalue weighted by Gasteiger charge is -2.07. The van der Waals surface area contributed by atoms with Crippen molar-refractivity contribution in [2.75, 3.05) is 12.3 Å². The summed E-state index contributed by atoms with van der Waals surface area (Å²) in [7, 11) is 0. The Morgan fingerprint density at radius 2 is 2.09 bits per heavy atom. The van der Waals surface area contributed by atoms with Crippen molar-refractivity contribution in [3.63, 3.8) is 0 Å². The molecule has 0 spiro atoms. The first kappa shape index (κ1) is 16.5. The molecule has 1 N–H and O–H groups in total. The molecule has 2 rings (SSSR count). The van der Waals surface area contributed by atoms with Gasteiger partial charge in [-0.2, -0.15) is 5.10 Å². The Morgan fingerprint density at radius 1 is 1.32 bits per heavy atom. The van der Waals surface area contributed by atoms with Crippen LogP contribution in [0, 0.1) is 19.8 Å². The van der Waals surface area contributed by atoms with E-state index in [0.717, 1.165) is 16.4 Å². The van der Waals surface area contributed by atoms with E-state index in [1.165, 1.54) is 11.8 Å². The molecule has 0 unspecified atom stereocenters. The summed E-state index contributed by atoms with van der Waals surface area (Å²) < 4.78 is 1.76. The van der Waals surface area contributed by atoms with Crippen LogP contribution in [0.25, 0.3) is 5.82 Å². The molecule has 0 aromatic carbocycles. The number of thioether (sulfide) groups is 1. The van der Waals surface area contributed by atoms with E-state index in [0.29, 0.717) is 24.0 Å². The largest absolute Gasteiger partial charge is 0.355 e. The molecular weight excluding hydrogens is 298 g/mol. The fraction of sp³-hybridized carbons (Fsp3) is 0.467. The van der Waals surface area contributed by atoms with Gasteiger partial charge in [0.15, 0.2) is 5.82 Å². The average molecular weight is 319 g/mol. The van der Waals surface area contributed by atoms with E-state index in [1.54, 1.807) is 4.68 Å². The number of hydrogen-bond donors (Lipinski definition) is 1. The number of aryl methyl sites for hydroxylation is 2. The molecule has 0 saturated heterocycles. The topological polar surface area (TPSA) is 72.7 Å². The van der Waals surface area contributed by atoms with Crippen LogP contribution in [0.4, 0.5) is 0 Å². The lowest BCUT2D eigenvalue weighted by atomic mass is 10.2. The van der Waals surface area contributed by atoms with Gasteiger partial charge >= 0.3 is 0 Å². The van der Waals surface area contributed by atoms with Crippen molar-refractivity contribution in [2.24, 2.45) is 5.92 Å². The van der Waals surface area contributed by atoms with Gasteiger partial charge in [0.25, 0.3) is 0 Å². The van der Waals surface area contributed by atoms with E-state index < -0.39 is 0 Å². The molecule has 0 aliphatic carbocycles. The van der Waals surface area contributed by atoms with Gasteiger partial charge in [-0.3, -0.25) is 4.79 Å². The second kappa shape index (κ2) is 7.40. The highest BCUT2D eigenvalue weighted by atomic mass is 32.2. The molecule has 118 valence electrons. The van der Waals surface area contributed by atoms with E-state index >= 15 is 0 Å². The van der Waals surface area contributed by atoms with Crippen LogP contribution in [0.5, 0.6) is 0 Å². The first-order valence-corrected chi connectivity index (χ1v) is 8.21. The Morgan fingerprint density at radius 3 is 2.64 bits per heavy atom. The standard InChI is InChI=1S/C15H21N5OS/c1-10(2)8-16-14(21)9-22-15-6-5-13(17-18-15)20-12(4)7-11(3)19-20/h5-7,10H,8-9H2,1-4H3,(H,16,21). The molecule has 2 heterocycles. The first-order chi connectivity index (χ1) is 10.5. The third-order valence-corrected chi connectivity index (χ3v) is 3.83. The normalized spacial score (nSPS) is 11.0. The van der Waals surface area contributed by atoms with Gasteiger partial charge in [-0.25, -0.2) is 4.68 Å². The zero-order valence-corrected chi connectivity index (χ0v) is 14.1. The maximum Gasteiger partial charge on any atom is 0.230 e. The van der Waals surface area contributed by atoms with Crippen molar-refractivity contribution >= 4 is 17.7 Å². The number of hydrogen-bond acceptors (Lipinski definition) is 5. The molecule has 0 bridgehead atoms. The van der Waals surface area contributed by atoms with E-state index in [2.05, 4.69) is 34.5 Å². The first-order valence-electron chi connectivity index (χ1n) is 7.22. The molecule has 2 aromatic rings. The SMILES string of the molecule is Cc1cc(C)n(-c2ccc(SCC(=O)NCC(C)C)nn2)n1. The van der Waals surface area contributed by atoms with Gasteiger partial charge in [-0.05, 0) is 38.0 Å². The molecule has 0 saturated carbocycles. The fourth-order valence-corrected chi connectivity index (χ4v) is 2.52. The van der Waals surface area contributed by atoms with E-state index in [1.807, 2.05) is 32.0 Å². The summed E-state index contributed by atoms with van der Waals surface area (Å²) in [5.41, 5.74) is 1.96. The van der Waals surface area contributed by atoms with Crippen LogP contribution in [0.15, 0.2) is 23.2 Å². The van der Waals surface area contributed by atoms with Crippen LogP contribution in [0.2, 0.25) is 0 Å². The third-order valence-electron chi connectivity index (χ3n) is 2.91. The Balaban J connectivity index is 1.92. The Labute approximate surface area is 134 Å². The van der Waals surface area contributed by atoms with Crippen LogP contribution in [-0.2, 0) is 4.79 Å². The fourth-order valence-electron chi connectivity index (χ4n) is 1.87. The second-order valence-corrected chi connectivity index (χ2v) is 6.55. The Hall–Kier alpha value is -1.89. The summed E-state index contributed by atoms with van der Waals surface area (Å²) in [4.78, 5) is 11.7. The van der Waals surface area contributed by atoms with Crippen molar-refractivity contribution in [1.29, 1.82) is 0 Å². The van der Waals surface area contributed by atoms with Gasteiger partial charge in [0, 0.05) is 12.2 Å². The van der Waals surface area contributed by atoms with Crippen LogP contribution in [0.3, 0.4) is 0 Å². The Bertz CT molecular complexity index is 636. The lowest BCUT2D eigenvalue weighted by molar-refractivity contribution is -0.118. The van der Waals surface area contributed by atoms with Crippen molar-refractivity contribution in [1.82, 2.24) is 25.3 Å². The van der Waals surface area contributed by atoms with Gasteiger partial charge in [0.05, 0.1) is 11.4 Å². The number of carbonyl (C=O) groups excluding carboxylic acids is 1. The summed E-state index contributed by atoms with van der Waals surface area (Å²) in [5.74, 6) is 1.50. The maximum atomic E-state index is 11.7. The van der Waals surface area contributed by atoms with Gasteiger partial charge in [0.1, 0.15) is 5.03 Å². The van der Waals surface area contributed by atoms with Crippen molar-refractivity contribution in [3.8, 4) is 5.82 Å². The average Bonchev–Trinajstić information content (AvgIpc) is 2.82. The van der Waals surface area contributed by atoms with Gasteiger partial charge in [-0.1, -0.05) is 25.6 Å². The van der Waals surface area contributed by atoms with Gasteiger partial charge in [0.2, 0.25) is 5.91 Å². The molecule has 0 aliphatic heterocycles. The van der Waals surface area contributed by atoms with E-state index in [9.17, 15) is 4.79 Å². The lowest BCUT2D eigenvalue weighted by Crippen LogP contribution is -2.28. The highest BCUT2D eigenvalue weighted by Gasteiger charge is 2.08. The summed E-state index contributed by atoms with van der Waals surface area (Å²) in [6.45, 7) is 8.75. The number of amides is 1. The van der Waals surface area contributed by atoms with Crippen molar-refractivity contribution in [2.45, 2.75) is 32.7 Å². The summed E-state index contributed by atoms with van der Waals surface area (Å²) in [6.07, 6.45) is 0. The van der Waals surface area contributed by atoms with Crippen LogP contribution >= 0.6 is 11.8 Å². The van der Waals surface area contributed by atoms with Crippen molar-refractivity contribution in [3.05, 3.63) is 29.6 Å². The van der Waals surface area contributed by atoms with Gasteiger partial charge < -0.3 is 5.32 Å². The molecule has 2 aromatic heterocycles. The second-order valence-electron chi connectivity index (χ2n) is 5.56. The predicted octanol–water partition coefficient (Wildman–Crippen LogP) is 2.14. The molecule has 0 aliphatic rings. The summed E-state index contributed by atoms with van der Waals surface area (Å²) in [6, 6.07) is 5.71. The van der Waals surface area contributed by atoms with Crippen LogP contribution in [0.1, 0.15) is 25.2 Å². The number of nitrogens with one attached hydrogen (secondary N) is 1.